The summed E-state index contributed by atoms with van der Waals surface area (Å²) in [6.07, 6.45) is 11.5. The molecule has 4 rings (SSSR count). The van der Waals surface area contributed by atoms with Gasteiger partial charge in [0.25, 0.3) is 0 Å². The largest absolute Gasteiger partial charge is 0.389 e. The van der Waals surface area contributed by atoms with E-state index in [2.05, 4.69) is 43.5 Å². The molecule has 1 aliphatic rings. The van der Waals surface area contributed by atoms with Crippen molar-refractivity contribution < 1.29 is 5.11 Å². The van der Waals surface area contributed by atoms with Gasteiger partial charge in [0.1, 0.15) is 0 Å². The lowest BCUT2D eigenvalue weighted by Gasteiger charge is -2.31. The average Bonchev–Trinajstić information content (AvgIpc) is 3.23. The molecule has 25 heavy (non-hydrogen) atoms. The van der Waals surface area contributed by atoms with Crippen LogP contribution in [0.4, 0.5) is 0 Å². The minimum Gasteiger partial charge on any atom is -0.389 e. The third-order valence-corrected chi connectivity index (χ3v) is 5.08. The molecule has 0 aliphatic heterocycles. The molecule has 1 N–H and O–H groups in total. The summed E-state index contributed by atoms with van der Waals surface area (Å²) < 4.78 is 2.07. The first-order valence-electron chi connectivity index (χ1n) is 8.97. The van der Waals surface area contributed by atoms with E-state index in [0.717, 1.165) is 50.1 Å². The van der Waals surface area contributed by atoms with Crippen molar-refractivity contribution in [2.24, 2.45) is 0 Å². The fraction of sp³-hybridized carbons (Fsp3) is 0.400. The minimum atomic E-state index is -0.559. The predicted octanol–water partition coefficient (Wildman–Crippen LogP) is 3.04. The third-order valence-electron chi connectivity index (χ3n) is 5.08. The Morgan fingerprint density at radius 1 is 1.08 bits per heavy atom. The zero-order valence-corrected chi connectivity index (χ0v) is 14.4. The first-order chi connectivity index (χ1) is 12.2. The van der Waals surface area contributed by atoms with E-state index >= 15 is 0 Å². The lowest BCUT2D eigenvalue weighted by molar-refractivity contribution is 0.00414. The van der Waals surface area contributed by atoms with Crippen LogP contribution in [0.2, 0.25) is 0 Å². The molecule has 5 heteroatoms. The summed E-state index contributed by atoms with van der Waals surface area (Å²) in [6.45, 7) is 2.27. The van der Waals surface area contributed by atoms with Gasteiger partial charge in [-0.1, -0.05) is 43.2 Å². The Morgan fingerprint density at radius 3 is 2.68 bits per heavy atom. The van der Waals surface area contributed by atoms with Gasteiger partial charge in [0, 0.05) is 32.0 Å². The molecule has 0 spiro atoms. The molecule has 0 unspecified atom stereocenters. The number of nitrogens with zero attached hydrogens (tertiary/aromatic N) is 4. The Labute approximate surface area is 148 Å². The van der Waals surface area contributed by atoms with Gasteiger partial charge in [-0.2, -0.15) is 0 Å². The zero-order chi connectivity index (χ0) is 17.1. The maximum atomic E-state index is 10.9. The van der Waals surface area contributed by atoms with E-state index < -0.39 is 5.60 Å². The molecular weight excluding hydrogens is 312 g/mol. The first kappa shape index (κ1) is 16.2. The van der Waals surface area contributed by atoms with Gasteiger partial charge in [-0.25, -0.2) is 4.98 Å². The van der Waals surface area contributed by atoms with E-state index in [1.165, 1.54) is 5.56 Å². The molecule has 1 fully saturated rings. The van der Waals surface area contributed by atoms with E-state index in [4.69, 9.17) is 0 Å². The maximum absolute atomic E-state index is 10.9. The van der Waals surface area contributed by atoms with Crippen LogP contribution in [0.25, 0.3) is 5.65 Å². The third kappa shape index (κ3) is 3.72. The van der Waals surface area contributed by atoms with Gasteiger partial charge in [0.15, 0.2) is 5.65 Å². The topological polar surface area (TPSA) is 53.7 Å². The normalized spacial score (nSPS) is 16.7. The Hall–Kier alpha value is -2.24. The molecule has 3 aromatic rings. The SMILES string of the molecule is OC1(CN(Cc2ccccc2)Cc2cnc3cnccn23)CCCC1. The smallest absolute Gasteiger partial charge is 0.155 e. The van der Waals surface area contributed by atoms with Crippen LogP contribution >= 0.6 is 0 Å². The zero-order valence-electron chi connectivity index (χ0n) is 14.4. The summed E-state index contributed by atoms with van der Waals surface area (Å²) in [4.78, 5) is 10.9. The number of fused-ring (bicyclic) bond motifs is 1. The molecule has 0 bridgehead atoms. The van der Waals surface area contributed by atoms with Crippen LogP contribution < -0.4 is 0 Å². The fourth-order valence-electron chi connectivity index (χ4n) is 3.86. The lowest BCUT2D eigenvalue weighted by Crippen LogP contribution is -2.40. The minimum absolute atomic E-state index is 0.559. The molecule has 0 atom stereocenters. The Morgan fingerprint density at radius 2 is 1.88 bits per heavy atom. The second kappa shape index (κ2) is 6.94. The number of benzene rings is 1. The van der Waals surface area contributed by atoms with Crippen molar-refractivity contribution in [1.82, 2.24) is 19.3 Å². The van der Waals surface area contributed by atoms with Crippen molar-refractivity contribution in [2.45, 2.75) is 44.4 Å². The van der Waals surface area contributed by atoms with Gasteiger partial charge in [0.05, 0.1) is 23.7 Å². The highest BCUT2D eigenvalue weighted by atomic mass is 16.3. The molecule has 5 nitrogen and oxygen atoms in total. The van der Waals surface area contributed by atoms with Crippen molar-refractivity contribution in [3.8, 4) is 0 Å². The Kier molecular flexibility index (Phi) is 4.51. The Balaban J connectivity index is 1.58. The van der Waals surface area contributed by atoms with Crippen LogP contribution in [0.15, 0.2) is 55.1 Å². The fourth-order valence-corrected chi connectivity index (χ4v) is 3.86. The molecule has 0 amide bonds. The number of imidazole rings is 1. The highest BCUT2D eigenvalue weighted by molar-refractivity contribution is 5.36. The summed E-state index contributed by atoms with van der Waals surface area (Å²) in [7, 11) is 0. The molecule has 1 aromatic carbocycles. The van der Waals surface area contributed by atoms with E-state index in [0.29, 0.717) is 6.54 Å². The van der Waals surface area contributed by atoms with Gasteiger partial charge in [-0.05, 0) is 18.4 Å². The quantitative estimate of drug-likeness (QED) is 0.752. The monoisotopic (exact) mass is 336 g/mol. The summed E-state index contributed by atoms with van der Waals surface area (Å²) in [6, 6.07) is 10.5. The van der Waals surface area contributed by atoms with Gasteiger partial charge in [-0.15, -0.1) is 0 Å². The molecule has 0 saturated heterocycles. The van der Waals surface area contributed by atoms with Gasteiger partial charge in [-0.3, -0.25) is 14.3 Å². The van der Waals surface area contributed by atoms with Crippen molar-refractivity contribution in [1.29, 1.82) is 0 Å². The summed E-state index contributed by atoms with van der Waals surface area (Å²) >= 11 is 0. The molecule has 2 heterocycles. The van der Waals surface area contributed by atoms with Crippen LogP contribution in [0.3, 0.4) is 0 Å². The van der Waals surface area contributed by atoms with Gasteiger partial charge >= 0.3 is 0 Å². The maximum Gasteiger partial charge on any atom is 0.155 e. The number of aliphatic hydroxyl groups is 1. The number of aromatic nitrogens is 3. The molecule has 1 aliphatic carbocycles. The summed E-state index contributed by atoms with van der Waals surface area (Å²) in [5.74, 6) is 0. The number of rotatable bonds is 6. The number of hydrogen-bond donors (Lipinski definition) is 1. The van der Waals surface area contributed by atoms with Crippen molar-refractivity contribution in [3.05, 3.63) is 66.4 Å². The van der Waals surface area contributed by atoms with Gasteiger partial charge in [0.2, 0.25) is 0 Å². The van der Waals surface area contributed by atoms with Crippen LogP contribution in [0.5, 0.6) is 0 Å². The average molecular weight is 336 g/mol. The van der Waals surface area contributed by atoms with Crippen molar-refractivity contribution in [2.75, 3.05) is 6.54 Å². The van der Waals surface area contributed by atoms with Crippen LogP contribution in [0.1, 0.15) is 36.9 Å². The standard InChI is InChI=1S/C20H24N4O/c25-20(8-4-5-9-20)16-23(14-17-6-2-1-3-7-17)15-18-12-22-19-13-21-10-11-24(18)19/h1-3,6-7,10-13,25H,4-5,8-9,14-16H2. The molecular formula is C20H24N4O. The second-order valence-corrected chi connectivity index (χ2v) is 7.12. The highest BCUT2D eigenvalue weighted by Crippen LogP contribution is 2.31. The van der Waals surface area contributed by atoms with E-state index in [9.17, 15) is 5.11 Å². The molecule has 130 valence electrons. The van der Waals surface area contributed by atoms with E-state index in [1.807, 2.05) is 18.5 Å². The van der Waals surface area contributed by atoms with E-state index in [1.54, 1.807) is 12.4 Å². The Bertz CT molecular complexity index is 824. The van der Waals surface area contributed by atoms with E-state index in [-0.39, 0.29) is 0 Å². The molecule has 2 aromatic heterocycles. The predicted molar refractivity (Wildman–Crippen MR) is 97.0 cm³/mol. The lowest BCUT2D eigenvalue weighted by atomic mass is 10.0. The van der Waals surface area contributed by atoms with Crippen LogP contribution in [0, 0.1) is 0 Å². The van der Waals surface area contributed by atoms with Crippen LogP contribution in [-0.4, -0.2) is 36.5 Å². The second-order valence-electron chi connectivity index (χ2n) is 7.12. The summed E-state index contributed by atoms with van der Waals surface area (Å²) in [5, 5.41) is 10.9. The highest BCUT2D eigenvalue weighted by Gasteiger charge is 2.33. The molecule has 0 radical (unpaired) electrons. The van der Waals surface area contributed by atoms with Crippen molar-refractivity contribution in [3.63, 3.8) is 0 Å². The van der Waals surface area contributed by atoms with Gasteiger partial charge < -0.3 is 5.11 Å². The summed E-state index contributed by atoms with van der Waals surface area (Å²) in [5.41, 5.74) is 2.68. The van der Waals surface area contributed by atoms with Crippen molar-refractivity contribution >= 4 is 5.65 Å². The first-order valence-corrected chi connectivity index (χ1v) is 8.97. The van der Waals surface area contributed by atoms with Crippen LogP contribution in [-0.2, 0) is 13.1 Å². The molecule has 1 saturated carbocycles. The number of hydrogen-bond acceptors (Lipinski definition) is 4.